The number of hydrogen-bond donors (Lipinski definition) is 0. The predicted molar refractivity (Wildman–Crippen MR) is 92.0 cm³/mol. The fourth-order valence-corrected chi connectivity index (χ4v) is 2.40. The lowest BCUT2D eigenvalue weighted by Crippen LogP contribution is -2.37. The molecule has 2 aromatic carbocycles. The first-order chi connectivity index (χ1) is 12.0. The SMILES string of the molecule is Cc1ccc(-c2cc[n+](CC(=O)c3ccc([N+](=O)[O-])cc3)cn2)cc1. The summed E-state index contributed by atoms with van der Waals surface area (Å²) < 4.78 is 1.68. The van der Waals surface area contributed by atoms with E-state index < -0.39 is 4.92 Å². The lowest BCUT2D eigenvalue weighted by atomic mass is 10.1. The summed E-state index contributed by atoms with van der Waals surface area (Å²) in [6, 6.07) is 15.5. The van der Waals surface area contributed by atoms with Gasteiger partial charge in [0.15, 0.2) is 12.2 Å². The van der Waals surface area contributed by atoms with Gasteiger partial charge < -0.3 is 0 Å². The zero-order chi connectivity index (χ0) is 17.8. The fraction of sp³-hybridized carbons (Fsp3) is 0.105. The number of non-ortho nitro benzene ring substituents is 1. The quantitative estimate of drug-likeness (QED) is 0.311. The Morgan fingerprint density at radius 1 is 1.08 bits per heavy atom. The predicted octanol–water partition coefficient (Wildman–Crippen LogP) is 3.14. The topological polar surface area (TPSA) is 77.0 Å². The van der Waals surface area contributed by atoms with Crippen molar-refractivity contribution in [3.63, 3.8) is 0 Å². The Morgan fingerprint density at radius 3 is 2.32 bits per heavy atom. The number of aromatic nitrogens is 2. The number of nitro groups is 1. The van der Waals surface area contributed by atoms with Crippen LogP contribution in [0.25, 0.3) is 11.3 Å². The van der Waals surface area contributed by atoms with E-state index >= 15 is 0 Å². The van der Waals surface area contributed by atoms with Gasteiger partial charge in [-0.25, -0.2) is 4.57 Å². The summed E-state index contributed by atoms with van der Waals surface area (Å²) in [6.45, 7) is 2.15. The number of nitro benzene ring substituents is 1. The Morgan fingerprint density at radius 2 is 1.76 bits per heavy atom. The summed E-state index contributed by atoms with van der Waals surface area (Å²) in [4.78, 5) is 26.8. The molecule has 6 heteroatoms. The van der Waals surface area contributed by atoms with E-state index in [4.69, 9.17) is 0 Å². The van der Waals surface area contributed by atoms with Gasteiger partial charge in [-0.1, -0.05) is 29.8 Å². The molecular weight excluding hydrogens is 318 g/mol. The van der Waals surface area contributed by atoms with Crippen LogP contribution in [0.4, 0.5) is 5.69 Å². The third kappa shape index (κ3) is 3.92. The maximum atomic E-state index is 12.3. The second kappa shape index (κ2) is 7.00. The highest BCUT2D eigenvalue weighted by Gasteiger charge is 2.13. The van der Waals surface area contributed by atoms with E-state index in [1.807, 2.05) is 37.3 Å². The summed E-state index contributed by atoms with van der Waals surface area (Å²) in [5.41, 5.74) is 3.43. The number of rotatable bonds is 5. The average molecular weight is 334 g/mol. The van der Waals surface area contributed by atoms with Crippen LogP contribution in [-0.4, -0.2) is 15.7 Å². The Hall–Kier alpha value is -3.41. The van der Waals surface area contributed by atoms with Gasteiger partial charge in [0.25, 0.3) is 12.0 Å². The van der Waals surface area contributed by atoms with Crippen LogP contribution in [0.3, 0.4) is 0 Å². The number of ketones is 1. The molecular formula is C19H16N3O3+. The number of nitrogens with zero attached hydrogens (tertiary/aromatic N) is 3. The smallest absolute Gasteiger partial charge is 0.287 e. The molecule has 1 aromatic heterocycles. The largest absolute Gasteiger partial charge is 0.290 e. The molecule has 0 radical (unpaired) electrons. The van der Waals surface area contributed by atoms with Gasteiger partial charge in [0.1, 0.15) is 0 Å². The van der Waals surface area contributed by atoms with Gasteiger partial charge in [0, 0.05) is 29.3 Å². The van der Waals surface area contributed by atoms with Crippen molar-refractivity contribution >= 4 is 11.5 Å². The van der Waals surface area contributed by atoms with Crippen LogP contribution in [0.2, 0.25) is 0 Å². The van der Waals surface area contributed by atoms with E-state index in [0.29, 0.717) is 5.56 Å². The van der Waals surface area contributed by atoms with Crippen molar-refractivity contribution in [3.05, 3.63) is 88.4 Å². The van der Waals surface area contributed by atoms with Gasteiger partial charge in [0.05, 0.1) is 11.1 Å². The Kier molecular flexibility index (Phi) is 4.61. The van der Waals surface area contributed by atoms with Crippen LogP contribution in [-0.2, 0) is 6.54 Å². The Labute approximate surface area is 144 Å². The third-order valence-electron chi connectivity index (χ3n) is 3.84. The van der Waals surface area contributed by atoms with Gasteiger partial charge in [-0.05, 0) is 24.0 Å². The molecule has 0 saturated carbocycles. The molecule has 0 unspecified atom stereocenters. The van der Waals surface area contributed by atoms with Crippen LogP contribution in [0.1, 0.15) is 15.9 Å². The van der Waals surface area contributed by atoms with Crippen molar-refractivity contribution in [2.24, 2.45) is 0 Å². The first-order valence-corrected chi connectivity index (χ1v) is 7.73. The monoisotopic (exact) mass is 334 g/mol. The number of carbonyl (C=O) groups excluding carboxylic acids is 1. The molecule has 0 bridgehead atoms. The highest BCUT2D eigenvalue weighted by atomic mass is 16.6. The normalized spacial score (nSPS) is 10.4. The number of carbonyl (C=O) groups is 1. The van der Waals surface area contributed by atoms with Crippen molar-refractivity contribution in [1.29, 1.82) is 0 Å². The van der Waals surface area contributed by atoms with Gasteiger partial charge >= 0.3 is 0 Å². The van der Waals surface area contributed by atoms with Crippen molar-refractivity contribution < 1.29 is 14.3 Å². The van der Waals surface area contributed by atoms with Crippen LogP contribution in [0.5, 0.6) is 0 Å². The number of aryl methyl sites for hydroxylation is 1. The Bertz CT molecular complexity index is 902. The maximum Gasteiger partial charge on any atom is 0.287 e. The second-order valence-corrected chi connectivity index (χ2v) is 5.71. The van der Waals surface area contributed by atoms with Gasteiger partial charge in [0.2, 0.25) is 5.78 Å². The van der Waals surface area contributed by atoms with E-state index in [9.17, 15) is 14.9 Å². The molecule has 0 atom stereocenters. The summed E-state index contributed by atoms with van der Waals surface area (Å²) in [6.07, 6.45) is 3.41. The van der Waals surface area contributed by atoms with Crippen LogP contribution >= 0.6 is 0 Å². The molecule has 3 aromatic rings. The summed E-state index contributed by atoms with van der Waals surface area (Å²) in [5.74, 6) is -0.134. The minimum absolute atomic E-state index is 0.0340. The van der Waals surface area contributed by atoms with Gasteiger partial charge in [-0.3, -0.25) is 14.9 Å². The van der Waals surface area contributed by atoms with Gasteiger partial charge in [-0.2, -0.15) is 0 Å². The van der Waals surface area contributed by atoms with Gasteiger partial charge in [-0.15, -0.1) is 0 Å². The zero-order valence-corrected chi connectivity index (χ0v) is 13.6. The van der Waals surface area contributed by atoms with E-state index in [1.165, 1.54) is 29.8 Å². The molecule has 0 amide bonds. The Balaban J connectivity index is 1.71. The molecule has 6 nitrogen and oxygen atoms in total. The minimum atomic E-state index is -0.489. The molecule has 25 heavy (non-hydrogen) atoms. The van der Waals surface area contributed by atoms with E-state index in [-0.39, 0.29) is 18.0 Å². The second-order valence-electron chi connectivity index (χ2n) is 5.71. The van der Waals surface area contributed by atoms with E-state index in [1.54, 1.807) is 17.1 Å². The lowest BCUT2D eigenvalue weighted by molar-refractivity contribution is -0.686. The highest BCUT2D eigenvalue weighted by Crippen LogP contribution is 2.16. The molecule has 0 aliphatic carbocycles. The first-order valence-electron chi connectivity index (χ1n) is 7.73. The zero-order valence-electron chi connectivity index (χ0n) is 13.6. The van der Waals surface area contributed by atoms with Crippen molar-refractivity contribution in [1.82, 2.24) is 4.98 Å². The van der Waals surface area contributed by atoms with Crippen molar-refractivity contribution in [2.75, 3.05) is 0 Å². The summed E-state index contributed by atoms with van der Waals surface area (Å²) in [7, 11) is 0. The standard InChI is InChI=1S/C19H16N3O3/c1-14-2-4-15(5-3-14)18-10-11-21(13-20-18)12-19(23)16-6-8-17(9-7-16)22(24)25/h2-11,13H,12H2,1H3/q+1. The molecule has 0 aliphatic rings. The molecule has 0 N–H and O–H groups in total. The number of hydrogen-bond acceptors (Lipinski definition) is 4. The van der Waals surface area contributed by atoms with Crippen LogP contribution < -0.4 is 4.57 Å². The molecule has 0 saturated heterocycles. The molecule has 0 spiro atoms. The van der Waals surface area contributed by atoms with Crippen molar-refractivity contribution in [3.8, 4) is 11.3 Å². The molecule has 3 rings (SSSR count). The van der Waals surface area contributed by atoms with Crippen molar-refractivity contribution in [2.45, 2.75) is 13.5 Å². The summed E-state index contributed by atoms with van der Waals surface area (Å²) in [5, 5.41) is 10.6. The maximum absolute atomic E-state index is 12.3. The summed E-state index contributed by atoms with van der Waals surface area (Å²) >= 11 is 0. The third-order valence-corrected chi connectivity index (χ3v) is 3.84. The highest BCUT2D eigenvalue weighted by molar-refractivity contribution is 5.95. The molecule has 0 fully saturated rings. The minimum Gasteiger partial charge on any atom is -0.290 e. The number of benzene rings is 2. The fourth-order valence-electron chi connectivity index (χ4n) is 2.40. The molecule has 0 aliphatic heterocycles. The lowest BCUT2D eigenvalue weighted by Gasteiger charge is -2.01. The average Bonchev–Trinajstić information content (AvgIpc) is 2.63. The molecule has 1 heterocycles. The van der Waals surface area contributed by atoms with E-state index in [0.717, 1.165) is 11.3 Å². The number of Topliss-reactive ketones (excluding diaryl/α,β-unsaturated/α-hetero) is 1. The molecule has 124 valence electrons. The van der Waals surface area contributed by atoms with Crippen LogP contribution in [0.15, 0.2) is 67.1 Å². The van der Waals surface area contributed by atoms with Crippen LogP contribution in [0, 0.1) is 17.0 Å². The van der Waals surface area contributed by atoms with E-state index in [2.05, 4.69) is 4.98 Å². The first kappa shape index (κ1) is 16.4.